The molecule has 0 fully saturated rings. The molecule has 0 spiro atoms. The molecule has 0 radical (unpaired) electrons. The van der Waals surface area contributed by atoms with Crippen LogP contribution in [-0.2, 0) is 0 Å². The Morgan fingerprint density at radius 3 is 1.63 bits per heavy atom. The van der Waals surface area contributed by atoms with Crippen LogP contribution < -0.4 is 5.32 Å². The van der Waals surface area contributed by atoms with E-state index in [2.05, 4.69) is 25.3 Å². The minimum atomic E-state index is 0.681. The Morgan fingerprint density at radius 1 is 0.684 bits per heavy atom. The molecule has 0 aliphatic rings. The first-order valence-electron chi connectivity index (χ1n) is 6.05. The Kier molecular flexibility index (Phi) is 2.05. The number of hydrogen-bond acceptors (Lipinski definition) is 3. The minimum Gasteiger partial charge on any atom is -0.324 e. The number of anilines is 2. The summed E-state index contributed by atoms with van der Waals surface area (Å²) >= 11 is 0. The van der Waals surface area contributed by atoms with Gasteiger partial charge >= 0.3 is 0 Å². The minimum absolute atomic E-state index is 0.681. The van der Waals surface area contributed by atoms with E-state index in [0.717, 1.165) is 22.1 Å². The average Bonchev–Trinajstić information content (AvgIpc) is 3.00. The number of H-pyrrole nitrogens is 2. The van der Waals surface area contributed by atoms with E-state index in [1.807, 2.05) is 48.5 Å². The lowest BCUT2D eigenvalue weighted by Gasteiger charge is -1.95. The first-order chi connectivity index (χ1) is 9.38. The molecule has 5 heteroatoms. The fraction of sp³-hybridized carbons (Fsp3) is 0. The van der Waals surface area contributed by atoms with Crippen LogP contribution in [0.25, 0.3) is 22.1 Å². The van der Waals surface area contributed by atoms with Crippen molar-refractivity contribution >= 4 is 34.0 Å². The Labute approximate surface area is 108 Å². The highest BCUT2D eigenvalue weighted by atomic mass is 15.2. The highest BCUT2D eigenvalue weighted by Gasteiger charge is 2.05. The largest absolute Gasteiger partial charge is 0.324 e. The van der Waals surface area contributed by atoms with Gasteiger partial charge in [-0.1, -0.05) is 24.3 Å². The molecule has 92 valence electrons. The molecule has 2 aromatic heterocycles. The number of hydrogen-bond donors (Lipinski definition) is 3. The first kappa shape index (κ1) is 10.1. The van der Waals surface area contributed by atoms with Gasteiger partial charge in [-0.05, 0) is 24.3 Å². The summed E-state index contributed by atoms with van der Waals surface area (Å²) in [4.78, 5) is 15.3. The van der Waals surface area contributed by atoms with Gasteiger partial charge in [-0.2, -0.15) is 0 Å². The summed E-state index contributed by atoms with van der Waals surface area (Å²) in [6.45, 7) is 0. The third-order valence-corrected chi connectivity index (χ3v) is 3.02. The van der Waals surface area contributed by atoms with Crippen LogP contribution in [0.15, 0.2) is 48.5 Å². The molecule has 2 heterocycles. The zero-order valence-corrected chi connectivity index (χ0v) is 10.0. The fourth-order valence-corrected chi connectivity index (χ4v) is 2.14. The second-order valence-corrected chi connectivity index (χ2v) is 4.33. The second kappa shape index (κ2) is 3.84. The van der Waals surface area contributed by atoms with Crippen molar-refractivity contribution in [3.05, 3.63) is 48.5 Å². The number of fused-ring (bicyclic) bond motifs is 2. The van der Waals surface area contributed by atoms with E-state index in [-0.39, 0.29) is 0 Å². The van der Waals surface area contributed by atoms with Crippen molar-refractivity contribution in [2.24, 2.45) is 0 Å². The number of rotatable bonds is 2. The summed E-state index contributed by atoms with van der Waals surface area (Å²) in [7, 11) is 0. The summed E-state index contributed by atoms with van der Waals surface area (Å²) in [5.41, 5.74) is 3.87. The molecule has 0 aliphatic heterocycles. The standard InChI is InChI=1S/C14H11N5/c1-2-6-10-9(5-1)15-13(16-10)19-14-17-11-7-3-4-8-12(11)18-14/h1-8H,(H3,15,16,17,18,19). The summed E-state index contributed by atoms with van der Waals surface area (Å²) in [6.07, 6.45) is 0. The maximum atomic E-state index is 4.45. The zero-order valence-electron chi connectivity index (χ0n) is 10.0. The molecular formula is C14H11N5. The Morgan fingerprint density at radius 2 is 1.16 bits per heavy atom. The van der Waals surface area contributed by atoms with E-state index < -0.39 is 0 Å². The van der Waals surface area contributed by atoms with Gasteiger partial charge in [-0.3, -0.25) is 5.32 Å². The lowest BCUT2D eigenvalue weighted by molar-refractivity contribution is 1.23. The number of aromatic nitrogens is 4. The van der Waals surface area contributed by atoms with Crippen molar-refractivity contribution in [2.75, 3.05) is 5.32 Å². The zero-order chi connectivity index (χ0) is 12.7. The van der Waals surface area contributed by atoms with Crippen molar-refractivity contribution in [3.63, 3.8) is 0 Å². The normalized spacial score (nSPS) is 11.2. The van der Waals surface area contributed by atoms with Crippen molar-refractivity contribution in [1.29, 1.82) is 0 Å². The van der Waals surface area contributed by atoms with Gasteiger partial charge in [0.1, 0.15) is 0 Å². The second-order valence-electron chi connectivity index (χ2n) is 4.33. The number of nitrogens with zero attached hydrogens (tertiary/aromatic N) is 2. The lowest BCUT2D eigenvalue weighted by atomic mass is 10.3. The van der Waals surface area contributed by atoms with E-state index in [4.69, 9.17) is 0 Å². The summed E-state index contributed by atoms with van der Waals surface area (Å²) < 4.78 is 0. The number of para-hydroxylation sites is 4. The molecule has 0 aliphatic carbocycles. The summed E-state index contributed by atoms with van der Waals surface area (Å²) in [5.74, 6) is 1.36. The van der Waals surface area contributed by atoms with E-state index in [9.17, 15) is 0 Å². The topological polar surface area (TPSA) is 69.4 Å². The molecule has 0 amide bonds. The summed E-state index contributed by atoms with van der Waals surface area (Å²) in [6, 6.07) is 15.8. The van der Waals surface area contributed by atoms with Crippen molar-refractivity contribution in [1.82, 2.24) is 19.9 Å². The Balaban J connectivity index is 1.73. The Hall–Kier alpha value is -2.82. The van der Waals surface area contributed by atoms with Crippen LogP contribution in [0.4, 0.5) is 11.9 Å². The van der Waals surface area contributed by atoms with Gasteiger partial charge in [-0.15, -0.1) is 0 Å². The highest BCUT2D eigenvalue weighted by Crippen LogP contribution is 2.18. The number of benzene rings is 2. The molecule has 19 heavy (non-hydrogen) atoms. The van der Waals surface area contributed by atoms with Crippen molar-refractivity contribution in [2.45, 2.75) is 0 Å². The quantitative estimate of drug-likeness (QED) is 0.511. The fourth-order valence-electron chi connectivity index (χ4n) is 2.14. The molecule has 4 rings (SSSR count). The number of nitrogens with one attached hydrogen (secondary N) is 3. The third kappa shape index (κ3) is 1.72. The molecule has 0 saturated heterocycles. The van der Waals surface area contributed by atoms with Gasteiger partial charge in [-0.25, -0.2) is 9.97 Å². The number of aromatic amines is 2. The van der Waals surface area contributed by atoms with Crippen LogP contribution in [-0.4, -0.2) is 19.9 Å². The molecule has 0 atom stereocenters. The molecule has 4 aromatic rings. The molecule has 0 saturated carbocycles. The predicted octanol–water partition coefficient (Wildman–Crippen LogP) is 3.18. The molecule has 0 bridgehead atoms. The van der Waals surface area contributed by atoms with E-state index in [1.165, 1.54) is 0 Å². The van der Waals surface area contributed by atoms with Crippen LogP contribution in [0.3, 0.4) is 0 Å². The van der Waals surface area contributed by atoms with Crippen molar-refractivity contribution in [3.8, 4) is 0 Å². The predicted molar refractivity (Wildman–Crippen MR) is 75.5 cm³/mol. The Bertz CT molecular complexity index is 720. The van der Waals surface area contributed by atoms with E-state index in [0.29, 0.717) is 11.9 Å². The van der Waals surface area contributed by atoms with Gasteiger partial charge in [0.15, 0.2) is 0 Å². The van der Waals surface area contributed by atoms with Crippen molar-refractivity contribution < 1.29 is 0 Å². The van der Waals surface area contributed by atoms with Crippen LogP contribution in [0.5, 0.6) is 0 Å². The molecule has 2 aromatic carbocycles. The van der Waals surface area contributed by atoms with Gasteiger partial charge in [0.05, 0.1) is 22.1 Å². The average molecular weight is 249 g/mol. The van der Waals surface area contributed by atoms with Crippen LogP contribution in [0.2, 0.25) is 0 Å². The van der Waals surface area contributed by atoms with Gasteiger partial charge in [0.25, 0.3) is 0 Å². The smallest absolute Gasteiger partial charge is 0.208 e. The molecule has 0 unspecified atom stereocenters. The molecule has 3 N–H and O–H groups in total. The molecule has 5 nitrogen and oxygen atoms in total. The van der Waals surface area contributed by atoms with Gasteiger partial charge in [0.2, 0.25) is 11.9 Å². The summed E-state index contributed by atoms with van der Waals surface area (Å²) in [5, 5.41) is 3.15. The van der Waals surface area contributed by atoms with Crippen LogP contribution in [0.1, 0.15) is 0 Å². The third-order valence-electron chi connectivity index (χ3n) is 3.02. The van der Waals surface area contributed by atoms with Crippen LogP contribution >= 0.6 is 0 Å². The monoisotopic (exact) mass is 249 g/mol. The van der Waals surface area contributed by atoms with Gasteiger partial charge in [0, 0.05) is 0 Å². The highest BCUT2D eigenvalue weighted by molar-refractivity contribution is 5.80. The molecular weight excluding hydrogens is 238 g/mol. The maximum Gasteiger partial charge on any atom is 0.208 e. The lowest BCUT2D eigenvalue weighted by Crippen LogP contribution is -1.93. The number of imidazole rings is 2. The first-order valence-corrected chi connectivity index (χ1v) is 6.05. The SMILES string of the molecule is c1ccc2[nH]c(Nc3nc4ccccc4[nH]3)nc2c1. The van der Waals surface area contributed by atoms with E-state index >= 15 is 0 Å². The van der Waals surface area contributed by atoms with E-state index in [1.54, 1.807) is 0 Å². The van der Waals surface area contributed by atoms with Gasteiger partial charge < -0.3 is 9.97 Å². The maximum absolute atomic E-state index is 4.45. The van der Waals surface area contributed by atoms with Crippen LogP contribution in [0, 0.1) is 0 Å².